The highest BCUT2D eigenvalue weighted by Gasteiger charge is 2.21. The van der Waals surface area contributed by atoms with Crippen LogP contribution in [0.1, 0.15) is 43.0 Å². The number of hydrogen-bond donors (Lipinski definition) is 2. The van der Waals surface area contributed by atoms with E-state index >= 15 is 0 Å². The lowest BCUT2D eigenvalue weighted by molar-refractivity contribution is -0.127. The van der Waals surface area contributed by atoms with Crippen LogP contribution in [0.5, 0.6) is 11.5 Å². The van der Waals surface area contributed by atoms with Crippen LogP contribution in [-0.2, 0) is 16.1 Å². The lowest BCUT2D eigenvalue weighted by Gasteiger charge is -2.15. The van der Waals surface area contributed by atoms with Crippen LogP contribution in [0.4, 0.5) is 0 Å². The molecule has 1 aromatic carbocycles. The third-order valence-electron chi connectivity index (χ3n) is 5.90. The largest absolute Gasteiger partial charge is 0.454 e. The number of nitrogens with one attached hydrogen (secondary N) is 2. The molecule has 10 heteroatoms. The van der Waals surface area contributed by atoms with Crippen LogP contribution in [0, 0.1) is 0 Å². The predicted molar refractivity (Wildman–Crippen MR) is 120 cm³/mol. The molecule has 33 heavy (non-hydrogen) atoms. The van der Waals surface area contributed by atoms with Crippen LogP contribution in [0.15, 0.2) is 23.1 Å². The number of aromatic nitrogens is 1. The van der Waals surface area contributed by atoms with E-state index in [1.165, 1.54) is 6.20 Å². The summed E-state index contributed by atoms with van der Waals surface area (Å²) >= 11 is 0. The Labute approximate surface area is 190 Å². The zero-order valence-corrected chi connectivity index (χ0v) is 18.6. The fourth-order valence-electron chi connectivity index (χ4n) is 4.11. The van der Waals surface area contributed by atoms with Crippen molar-refractivity contribution < 1.29 is 23.9 Å². The second kappa shape index (κ2) is 9.93. The highest BCUT2D eigenvalue weighted by molar-refractivity contribution is 5.98. The van der Waals surface area contributed by atoms with Crippen molar-refractivity contribution in [3.05, 3.63) is 34.1 Å². The summed E-state index contributed by atoms with van der Waals surface area (Å²) in [7, 11) is 0. The van der Waals surface area contributed by atoms with E-state index in [9.17, 15) is 19.2 Å². The Bertz CT molecular complexity index is 1140. The number of likely N-dealkylation sites (tertiary alicyclic amines) is 1. The van der Waals surface area contributed by atoms with E-state index in [1.54, 1.807) is 12.1 Å². The Hall–Kier alpha value is -3.56. The van der Waals surface area contributed by atoms with Gasteiger partial charge in [-0.2, -0.15) is 0 Å². The molecule has 10 nitrogen and oxygen atoms in total. The molecule has 1 fully saturated rings. The molecule has 1 saturated heterocycles. The van der Waals surface area contributed by atoms with Crippen LogP contribution in [0.2, 0.25) is 0 Å². The third kappa shape index (κ3) is 4.94. The maximum atomic E-state index is 13.0. The Morgan fingerprint density at radius 1 is 1.09 bits per heavy atom. The minimum absolute atomic E-state index is 0.0129. The first-order valence-electron chi connectivity index (χ1n) is 11.3. The summed E-state index contributed by atoms with van der Waals surface area (Å²) in [6, 6.07) is 3.35. The number of pyridine rings is 1. The van der Waals surface area contributed by atoms with E-state index in [0.29, 0.717) is 54.9 Å². The van der Waals surface area contributed by atoms with Crippen LogP contribution >= 0.6 is 0 Å². The molecule has 0 spiro atoms. The van der Waals surface area contributed by atoms with Gasteiger partial charge in [-0.15, -0.1) is 0 Å². The van der Waals surface area contributed by atoms with E-state index in [-0.39, 0.29) is 37.1 Å². The number of carbonyl (C=O) groups excluding carboxylic acids is 3. The fourth-order valence-corrected chi connectivity index (χ4v) is 4.11. The normalized spacial score (nSPS) is 14.7. The molecule has 3 amide bonds. The van der Waals surface area contributed by atoms with Crippen LogP contribution in [0.3, 0.4) is 0 Å². The Morgan fingerprint density at radius 3 is 2.61 bits per heavy atom. The summed E-state index contributed by atoms with van der Waals surface area (Å²) in [6.45, 7) is 4.58. The summed E-state index contributed by atoms with van der Waals surface area (Å²) < 4.78 is 12.6. The topological polar surface area (TPSA) is 119 Å². The maximum absolute atomic E-state index is 13.0. The minimum Gasteiger partial charge on any atom is -0.454 e. The van der Waals surface area contributed by atoms with Gasteiger partial charge < -0.3 is 29.6 Å². The molecular weight excluding hydrogens is 428 g/mol. The number of carbonyl (C=O) groups is 3. The average Bonchev–Trinajstić information content (AvgIpc) is 3.44. The molecule has 2 aliphatic rings. The van der Waals surface area contributed by atoms with Gasteiger partial charge in [-0.3, -0.25) is 19.2 Å². The van der Waals surface area contributed by atoms with Gasteiger partial charge in [-0.25, -0.2) is 0 Å². The number of amides is 3. The van der Waals surface area contributed by atoms with Crippen molar-refractivity contribution >= 4 is 28.6 Å². The predicted octanol–water partition coefficient (Wildman–Crippen LogP) is 0.999. The fraction of sp³-hybridized carbons (Fsp3) is 0.478. The maximum Gasteiger partial charge on any atom is 0.256 e. The summed E-state index contributed by atoms with van der Waals surface area (Å²) in [5.41, 5.74) is 0.281. The van der Waals surface area contributed by atoms with E-state index < -0.39 is 11.3 Å². The van der Waals surface area contributed by atoms with Gasteiger partial charge in [0.25, 0.3) is 5.91 Å². The van der Waals surface area contributed by atoms with E-state index in [1.807, 2.05) is 16.4 Å². The Morgan fingerprint density at radius 2 is 1.88 bits per heavy atom. The second-order valence-electron chi connectivity index (χ2n) is 8.07. The van der Waals surface area contributed by atoms with Crippen molar-refractivity contribution in [3.63, 3.8) is 0 Å². The van der Waals surface area contributed by atoms with E-state index in [4.69, 9.17) is 9.47 Å². The van der Waals surface area contributed by atoms with E-state index in [0.717, 1.165) is 13.0 Å². The monoisotopic (exact) mass is 456 g/mol. The average molecular weight is 456 g/mol. The van der Waals surface area contributed by atoms with Crippen LogP contribution in [-0.4, -0.2) is 60.2 Å². The van der Waals surface area contributed by atoms with Gasteiger partial charge in [0.1, 0.15) is 5.56 Å². The zero-order valence-electron chi connectivity index (χ0n) is 18.6. The number of aryl methyl sites for hydroxylation is 1. The third-order valence-corrected chi connectivity index (χ3v) is 5.90. The zero-order chi connectivity index (χ0) is 23.4. The van der Waals surface area contributed by atoms with Crippen LogP contribution < -0.4 is 25.5 Å². The minimum atomic E-state index is -0.526. The van der Waals surface area contributed by atoms with Crippen molar-refractivity contribution in [2.75, 3.05) is 33.0 Å². The Balaban J connectivity index is 1.31. The van der Waals surface area contributed by atoms with Crippen molar-refractivity contribution in [2.45, 2.75) is 39.2 Å². The van der Waals surface area contributed by atoms with Crippen molar-refractivity contribution in [1.82, 2.24) is 20.1 Å². The smallest absolute Gasteiger partial charge is 0.256 e. The molecule has 2 aliphatic heterocycles. The molecule has 176 valence electrons. The first-order chi connectivity index (χ1) is 16.0. The summed E-state index contributed by atoms with van der Waals surface area (Å²) in [4.78, 5) is 51.1. The van der Waals surface area contributed by atoms with Gasteiger partial charge in [0.05, 0.1) is 10.9 Å². The number of benzene rings is 1. The lowest BCUT2D eigenvalue weighted by atomic mass is 10.1. The highest BCUT2D eigenvalue weighted by atomic mass is 16.7. The van der Waals surface area contributed by atoms with Gasteiger partial charge in [-0.1, -0.05) is 0 Å². The molecule has 3 heterocycles. The number of hydrogen-bond acceptors (Lipinski definition) is 6. The molecule has 0 atom stereocenters. The second-order valence-corrected chi connectivity index (χ2v) is 8.07. The molecule has 2 aromatic rings. The molecular formula is C23H28N4O6. The van der Waals surface area contributed by atoms with Gasteiger partial charge in [0.15, 0.2) is 11.5 Å². The molecule has 0 aliphatic carbocycles. The molecule has 2 N–H and O–H groups in total. The SMILES string of the molecule is CCn1cc(C(=O)NCCC(=O)NCCCN2CCCC2=O)c(=O)c2cc3c(cc21)OCO3. The van der Waals surface area contributed by atoms with Crippen LogP contribution in [0.25, 0.3) is 10.9 Å². The number of ether oxygens (including phenoxy) is 2. The number of rotatable bonds is 9. The molecule has 1 aromatic heterocycles. The van der Waals surface area contributed by atoms with Crippen molar-refractivity contribution in [1.29, 1.82) is 0 Å². The quantitative estimate of drug-likeness (QED) is 0.544. The van der Waals surface area contributed by atoms with Gasteiger partial charge in [0.2, 0.25) is 24.0 Å². The van der Waals surface area contributed by atoms with Gasteiger partial charge in [-0.05, 0) is 25.8 Å². The molecule has 0 saturated carbocycles. The first-order valence-corrected chi connectivity index (χ1v) is 11.3. The van der Waals surface area contributed by atoms with E-state index in [2.05, 4.69) is 10.6 Å². The van der Waals surface area contributed by atoms with Crippen molar-refractivity contribution in [2.24, 2.45) is 0 Å². The lowest BCUT2D eigenvalue weighted by Crippen LogP contribution is -2.34. The molecule has 0 bridgehead atoms. The first kappa shape index (κ1) is 22.6. The number of nitrogens with zero attached hydrogens (tertiary/aromatic N) is 2. The summed E-state index contributed by atoms with van der Waals surface area (Å²) in [5, 5.41) is 5.83. The highest BCUT2D eigenvalue weighted by Crippen LogP contribution is 2.35. The Kier molecular flexibility index (Phi) is 6.81. The molecule has 4 rings (SSSR count). The van der Waals surface area contributed by atoms with Crippen molar-refractivity contribution in [3.8, 4) is 11.5 Å². The van der Waals surface area contributed by atoms with Gasteiger partial charge in [0, 0.05) is 57.8 Å². The molecule has 0 unspecified atom stereocenters. The molecule has 0 radical (unpaired) electrons. The summed E-state index contributed by atoms with van der Waals surface area (Å²) in [5.74, 6) is 0.498. The summed E-state index contributed by atoms with van der Waals surface area (Å²) in [6.07, 6.45) is 3.83. The van der Waals surface area contributed by atoms with Gasteiger partial charge >= 0.3 is 0 Å². The number of fused-ring (bicyclic) bond motifs is 2. The standard InChI is InChI=1S/C23H28N4O6/c1-2-26-13-16(22(30)15-11-18-19(12-17(15)26)33-14-32-18)23(31)25-8-6-20(28)24-7-4-10-27-9-3-5-21(27)29/h11-13H,2-10,14H2,1H3,(H,24,28)(H,25,31).